The molecule has 0 radical (unpaired) electrons. The molecule has 1 unspecified atom stereocenters. The van der Waals surface area contributed by atoms with Gasteiger partial charge in [0.25, 0.3) is 0 Å². The van der Waals surface area contributed by atoms with E-state index in [0.29, 0.717) is 5.92 Å². The minimum Gasteiger partial charge on any atom is -0.385 e. The van der Waals surface area contributed by atoms with Gasteiger partial charge in [0.15, 0.2) is 0 Å². The Labute approximate surface area is 145 Å². The zero-order chi connectivity index (χ0) is 16.1. The van der Waals surface area contributed by atoms with Crippen LogP contribution >= 0.6 is 11.6 Å². The molecule has 3 rings (SSSR count). The van der Waals surface area contributed by atoms with Crippen LogP contribution in [0.25, 0.3) is 0 Å². The Morgan fingerprint density at radius 3 is 2.43 bits per heavy atom. The molecular weight excluding hydrogens is 306 g/mol. The molecule has 2 fully saturated rings. The summed E-state index contributed by atoms with van der Waals surface area (Å²) in [6.45, 7) is 3.38. The molecule has 3 heteroatoms. The van der Waals surface area contributed by atoms with Crippen molar-refractivity contribution in [2.75, 3.05) is 19.6 Å². The van der Waals surface area contributed by atoms with Crippen molar-refractivity contribution in [2.45, 2.75) is 63.4 Å². The Kier molecular flexibility index (Phi) is 6.01. The Morgan fingerprint density at radius 2 is 1.74 bits per heavy atom. The summed E-state index contributed by atoms with van der Waals surface area (Å²) in [5, 5.41) is 12.4. The molecule has 0 aromatic heterocycles. The lowest BCUT2D eigenvalue weighted by Crippen LogP contribution is -2.41. The molecular formula is C20H30ClNO. The quantitative estimate of drug-likeness (QED) is 0.819. The first kappa shape index (κ1) is 17.3. The minimum absolute atomic E-state index is 0.375. The van der Waals surface area contributed by atoms with Crippen molar-refractivity contribution < 1.29 is 5.11 Å². The van der Waals surface area contributed by atoms with Gasteiger partial charge < -0.3 is 10.0 Å². The average Bonchev–Trinajstić information content (AvgIpc) is 2.61. The smallest absolute Gasteiger partial charge is 0.0937 e. The van der Waals surface area contributed by atoms with E-state index in [-0.39, 0.29) is 0 Å². The molecule has 23 heavy (non-hydrogen) atoms. The summed E-state index contributed by atoms with van der Waals surface area (Å²) >= 11 is 6.22. The minimum atomic E-state index is -0.719. The van der Waals surface area contributed by atoms with Gasteiger partial charge >= 0.3 is 0 Å². The number of hydrogen-bond donors (Lipinski definition) is 1. The predicted molar refractivity (Wildman–Crippen MR) is 96.8 cm³/mol. The number of likely N-dealkylation sites (tertiary alicyclic amines) is 1. The van der Waals surface area contributed by atoms with E-state index >= 15 is 0 Å². The summed E-state index contributed by atoms with van der Waals surface area (Å²) < 4.78 is 0. The van der Waals surface area contributed by atoms with Crippen LogP contribution in [-0.2, 0) is 5.60 Å². The number of aliphatic hydroxyl groups is 1. The molecule has 1 N–H and O–H groups in total. The highest BCUT2D eigenvalue weighted by molar-refractivity contribution is 6.30. The second-order valence-corrected chi connectivity index (χ2v) is 7.86. The zero-order valence-electron chi connectivity index (χ0n) is 14.1. The Hall–Kier alpha value is -0.570. The Morgan fingerprint density at radius 1 is 1.04 bits per heavy atom. The molecule has 1 atom stereocenters. The van der Waals surface area contributed by atoms with Crippen LogP contribution in [0.2, 0.25) is 5.02 Å². The van der Waals surface area contributed by atoms with Crippen LogP contribution < -0.4 is 0 Å². The SMILES string of the molecule is OC(CCN1CCCCC1)(c1cccc(Cl)c1)C1CCCCC1. The maximum atomic E-state index is 11.7. The first-order valence-corrected chi connectivity index (χ1v) is 9.77. The molecule has 1 aromatic rings. The van der Waals surface area contributed by atoms with Crippen LogP contribution in [0.3, 0.4) is 0 Å². The van der Waals surface area contributed by atoms with Gasteiger partial charge in [0.1, 0.15) is 0 Å². The van der Waals surface area contributed by atoms with Gasteiger partial charge in [-0.05, 0) is 68.8 Å². The number of hydrogen-bond acceptors (Lipinski definition) is 2. The third-order valence-electron chi connectivity index (χ3n) is 5.86. The second-order valence-electron chi connectivity index (χ2n) is 7.42. The first-order valence-electron chi connectivity index (χ1n) is 9.39. The lowest BCUT2D eigenvalue weighted by atomic mass is 9.71. The normalized spacial score (nSPS) is 23.6. The van der Waals surface area contributed by atoms with Crippen molar-refractivity contribution in [3.05, 3.63) is 34.9 Å². The number of nitrogens with zero attached hydrogens (tertiary/aromatic N) is 1. The third-order valence-corrected chi connectivity index (χ3v) is 6.10. The fourth-order valence-electron chi connectivity index (χ4n) is 4.43. The van der Waals surface area contributed by atoms with E-state index in [2.05, 4.69) is 11.0 Å². The van der Waals surface area contributed by atoms with Crippen LogP contribution in [0, 0.1) is 5.92 Å². The molecule has 1 aliphatic heterocycles. The van der Waals surface area contributed by atoms with E-state index in [0.717, 1.165) is 36.4 Å². The van der Waals surface area contributed by atoms with Crippen LogP contribution in [0.4, 0.5) is 0 Å². The topological polar surface area (TPSA) is 23.5 Å². The highest BCUT2D eigenvalue weighted by Gasteiger charge is 2.39. The van der Waals surface area contributed by atoms with E-state index in [1.54, 1.807) is 0 Å². The second kappa shape index (κ2) is 8.00. The van der Waals surface area contributed by atoms with E-state index in [9.17, 15) is 5.11 Å². The van der Waals surface area contributed by atoms with Crippen LogP contribution in [0.5, 0.6) is 0 Å². The van der Waals surface area contributed by atoms with Gasteiger partial charge in [-0.2, -0.15) is 0 Å². The molecule has 2 aliphatic rings. The number of rotatable bonds is 5. The van der Waals surface area contributed by atoms with Crippen molar-refractivity contribution in [3.63, 3.8) is 0 Å². The summed E-state index contributed by atoms with van der Waals surface area (Å²) in [5.74, 6) is 0.375. The molecule has 1 aromatic carbocycles. The highest BCUT2D eigenvalue weighted by atomic mass is 35.5. The Balaban J connectivity index is 1.77. The first-order chi connectivity index (χ1) is 11.2. The van der Waals surface area contributed by atoms with Gasteiger partial charge in [-0.3, -0.25) is 0 Å². The van der Waals surface area contributed by atoms with Crippen LogP contribution in [0.1, 0.15) is 63.4 Å². The summed E-state index contributed by atoms with van der Waals surface area (Å²) in [7, 11) is 0. The van der Waals surface area contributed by atoms with Crippen molar-refractivity contribution >= 4 is 11.6 Å². The maximum absolute atomic E-state index is 11.7. The summed E-state index contributed by atoms with van der Waals surface area (Å²) in [6.07, 6.45) is 10.9. The van der Waals surface area contributed by atoms with E-state index in [1.165, 1.54) is 51.6 Å². The monoisotopic (exact) mass is 335 g/mol. The largest absolute Gasteiger partial charge is 0.385 e. The van der Waals surface area contributed by atoms with Gasteiger partial charge in [0, 0.05) is 11.6 Å². The van der Waals surface area contributed by atoms with Gasteiger partial charge in [-0.1, -0.05) is 49.4 Å². The summed E-state index contributed by atoms with van der Waals surface area (Å²) in [5.41, 5.74) is 0.303. The van der Waals surface area contributed by atoms with E-state index in [4.69, 9.17) is 11.6 Å². The molecule has 0 amide bonds. The Bertz CT molecular complexity index is 494. The standard InChI is InChI=1S/C20H30ClNO/c21-19-11-7-10-18(16-19)20(23,17-8-3-1-4-9-17)12-15-22-13-5-2-6-14-22/h7,10-11,16-17,23H,1-6,8-9,12-15H2. The van der Waals surface area contributed by atoms with Crippen molar-refractivity contribution in [1.29, 1.82) is 0 Å². The zero-order valence-corrected chi connectivity index (χ0v) is 14.9. The molecule has 0 spiro atoms. The lowest BCUT2D eigenvalue weighted by Gasteiger charge is -2.41. The van der Waals surface area contributed by atoms with Crippen molar-refractivity contribution in [3.8, 4) is 0 Å². The maximum Gasteiger partial charge on any atom is 0.0937 e. The van der Waals surface area contributed by atoms with Crippen molar-refractivity contribution in [1.82, 2.24) is 4.90 Å². The molecule has 128 valence electrons. The number of benzene rings is 1. The average molecular weight is 336 g/mol. The van der Waals surface area contributed by atoms with Crippen LogP contribution in [-0.4, -0.2) is 29.6 Å². The molecule has 1 heterocycles. The molecule has 1 saturated carbocycles. The summed E-state index contributed by atoms with van der Waals surface area (Å²) in [4.78, 5) is 2.53. The highest BCUT2D eigenvalue weighted by Crippen LogP contribution is 2.42. The van der Waals surface area contributed by atoms with Gasteiger partial charge in [0.2, 0.25) is 0 Å². The van der Waals surface area contributed by atoms with Gasteiger partial charge in [-0.15, -0.1) is 0 Å². The molecule has 1 saturated heterocycles. The molecule has 2 nitrogen and oxygen atoms in total. The lowest BCUT2D eigenvalue weighted by molar-refractivity contribution is -0.0528. The molecule has 0 bridgehead atoms. The molecule has 1 aliphatic carbocycles. The fourth-order valence-corrected chi connectivity index (χ4v) is 4.62. The predicted octanol–water partition coefficient (Wildman–Crippen LogP) is 4.98. The van der Waals surface area contributed by atoms with E-state index < -0.39 is 5.60 Å². The van der Waals surface area contributed by atoms with Crippen molar-refractivity contribution in [2.24, 2.45) is 5.92 Å². The fraction of sp³-hybridized carbons (Fsp3) is 0.700. The van der Waals surface area contributed by atoms with Gasteiger partial charge in [0.05, 0.1) is 5.60 Å². The van der Waals surface area contributed by atoms with Gasteiger partial charge in [-0.25, -0.2) is 0 Å². The summed E-state index contributed by atoms with van der Waals surface area (Å²) in [6, 6.07) is 7.92. The van der Waals surface area contributed by atoms with E-state index in [1.807, 2.05) is 18.2 Å². The number of halogens is 1. The third kappa shape index (κ3) is 4.29. The van der Waals surface area contributed by atoms with Crippen LogP contribution in [0.15, 0.2) is 24.3 Å². The number of piperidine rings is 1.